The summed E-state index contributed by atoms with van der Waals surface area (Å²) in [4.78, 5) is 11.2. The summed E-state index contributed by atoms with van der Waals surface area (Å²) in [6.45, 7) is 0. The zero-order valence-electron chi connectivity index (χ0n) is 8.97. The van der Waals surface area contributed by atoms with Crippen LogP contribution in [0.3, 0.4) is 0 Å². The molecular formula is C12H11N3O2. The van der Waals surface area contributed by atoms with Crippen molar-refractivity contribution in [2.75, 3.05) is 0 Å². The van der Waals surface area contributed by atoms with Crippen molar-refractivity contribution in [3.63, 3.8) is 0 Å². The number of hydrazine groups is 1. The highest BCUT2D eigenvalue weighted by molar-refractivity contribution is 5.82. The average molecular weight is 229 g/mol. The molecule has 5 nitrogen and oxygen atoms in total. The van der Waals surface area contributed by atoms with Crippen LogP contribution in [0.25, 0.3) is 0 Å². The number of nitrogens with zero attached hydrogens (tertiary/aromatic N) is 1. The van der Waals surface area contributed by atoms with E-state index in [0.29, 0.717) is 12.0 Å². The summed E-state index contributed by atoms with van der Waals surface area (Å²) in [6.07, 6.45) is 3.46. The van der Waals surface area contributed by atoms with Gasteiger partial charge in [0.2, 0.25) is 0 Å². The van der Waals surface area contributed by atoms with Gasteiger partial charge in [0.1, 0.15) is 0 Å². The van der Waals surface area contributed by atoms with E-state index in [0.717, 1.165) is 5.56 Å². The zero-order valence-corrected chi connectivity index (χ0v) is 8.97. The largest absolute Gasteiger partial charge is 0.480 e. The number of aliphatic carboxylic acids is 1. The Morgan fingerprint density at radius 1 is 1.41 bits per heavy atom. The molecule has 1 aromatic carbocycles. The Morgan fingerprint density at radius 2 is 2.12 bits per heavy atom. The fraction of sp³-hybridized carbons (Fsp3) is 0.167. The van der Waals surface area contributed by atoms with Gasteiger partial charge in [-0.05, 0) is 23.8 Å². The molecule has 0 bridgehead atoms. The van der Waals surface area contributed by atoms with E-state index in [1.54, 1.807) is 36.5 Å². The molecule has 1 atom stereocenters. The molecule has 2 rings (SSSR count). The minimum atomic E-state index is -1.12. The monoisotopic (exact) mass is 229 g/mol. The zero-order chi connectivity index (χ0) is 12.3. The molecule has 0 spiro atoms. The average Bonchev–Trinajstić information content (AvgIpc) is 2.80. The predicted molar refractivity (Wildman–Crippen MR) is 60.6 cm³/mol. The van der Waals surface area contributed by atoms with E-state index in [2.05, 4.69) is 10.9 Å². The first-order chi connectivity index (χ1) is 8.16. The van der Waals surface area contributed by atoms with E-state index in [4.69, 9.17) is 5.26 Å². The van der Waals surface area contributed by atoms with Gasteiger partial charge < -0.3 is 10.5 Å². The van der Waals surface area contributed by atoms with Crippen molar-refractivity contribution < 1.29 is 9.90 Å². The molecular weight excluding hydrogens is 218 g/mol. The number of nitrogens with one attached hydrogen (secondary N) is 2. The van der Waals surface area contributed by atoms with Crippen molar-refractivity contribution in [1.82, 2.24) is 10.9 Å². The van der Waals surface area contributed by atoms with Crippen LogP contribution in [-0.4, -0.2) is 16.6 Å². The van der Waals surface area contributed by atoms with Crippen molar-refractivity contribution in [2.45, 2.75) is 12.0 Å². The normalized spacial score (nSPS) is 21.8. The molecule has 0 radical (unpaired) electrons. The van der Waals surface area contributed by atoms with Gasteiger partial charge in [-0.25, -0.2) is 10.2 Å². The van der Waals surface area contributed by atoms with Crippen LogP contribution in [0.2, 0.25) is 0 Å². The van der Waals surface area contributed by atoms with Gasteiger partial charge in [0.05, 0.1) is 11.6 Å². The van der Waals surface area contributed by atoms with Gasteiger partial charge in [0, 0.05) is 12.6 Å². The predicted octanol–water partition coefficient (Wildman–Crippen LogP) is 0.546. The van der Waals surface area contributed by atoms with Crippen LogP contribution < -0.4 is 10.9 Å². The fourth-order valence-corrected chi connectivity index (χ4v) is 1.72. The Morgan fingerprint density at radius 3 is 2.59 bits per heavy atom. The molecule has 0 saturated heterocycles. The molecule has 17 heavy (non-hydrogen) atoms. The van der Waals surface area contributed by atoms with E-state index >= 15 is 0 Å². The van der Waals surface area contributed by atoms with Crippen molar-refractivity contribution in [3.05, 3.63) is 47.7 Å². The van der Waals surface area contributed by atoms with Gasteiger partial charge in [-0.15, -0.1) is 0 Å². The number of carbonyl (C=O) groups is 1. The number of carboxylic acids is 1. The summed E-state index contributed by atoms with van der Waals surface area (Å²) in [7, 11) is 0. The summed E-state index contributed by atoms with van der Waals surface area (Å²) >= 11 is 0. The number of nitriles is 1. The summed E-state index contributed by atoms with van der Waals surface area (Å²) in [5, 5.41) is 17.9. The summed E-state index contributed by atoms with van der Waals surface area (Å²) in [5.74, 6) is -0.942. The Bertz CT molecular complexity index is 501. The number of hydrogen-bond donors (Lipinski definition) is 3. The van der Waals surface area contributed by atoms with Gasteiger partial charge in [0.15, 0.2) is 5.54 Å². The third-order valence-electron chi connectivity index (χ3n) is 2.69. The van der Waals surface area contributed by atoms with Crippen LogP contribution in [0.5, 0.6) is 0 Å². The van der Waals surface area contributed by atoms with Crippen molar-refractivity contribution in [2.24, 2.45) is 0 Å². The Hall–Kier alpha value is -2.32. The second-order valence-electron chi connectivity index (χ2n) is 3.86. The molecule has 86 valence electrons. The quantitative estimate of drug-likeness (QED) is 0.704. The fourth-order valence-electron chi connectivity index (χ4n) is 1.72. The summed E-state index contributed by atoms with van der Waals surface area (Å²) in [6, 6.07) is 8.90. The van der Waals surface area contributed by atoms with E-state index < -0.39 is 11.5 Å². The summed E-state index contributed by atoms with van der Waals surface area (Å²) < 4.78 is 0. The number of rotatable bonds is 3. The first kappa shape index (κ1) is 11.2. The number of hydrogen-bond acceptors (Lipinski definition) is 4. The third-order valence-corrected chi connectivity index (χ3v) is 2.69. The van der Waals surface area contributed by atoms with Gasteiger partial charge in [-0.2, -0.15) is 5.26 Å². The molecule has 1 aliphatic heterocycles. The lowest BCUT2D eigenvalue weighted by Gasteiger charge is -2.22. The second kappa shape index (κ2) is 4.28. The van der Waals surface area contributed by atoms with Crippen molar-refractivity contribution in [3.8, 4) is 6.07 Å². The Labute approximate surface area is 98.3 Å². The maximum absolute atomic E-state index is 11.2. The highest BCUT2D eigenvalue weighted by Gasteiger charge is 2.38. The molecule has 1 aromatic rings. The highest BCUT2D eigenvalue weighted by Crippen LogP contribution is 2.18. The lowest BCUT2D eigenvalue weighted by atomic mass is 9.92. The molecule has 1 unspecified atom stereocenters. The minimum absolute atomic E-state index is 0.317. The number of benzene rings is 1. The lowest BCUT2D eigenvalue weighted by molar-refractivity contribution is -0.142. The first-order valence-corrected chi connectivity index (χ1v) is 5.09. The van der Waals surface area contributed by atoms with E-state index in [1.165, 1.54) is 0 Å². The van der Waals surface area contributed by atoms with Crippen molar-refractivity contribution >= 4 is 5.97 Å². The molecule has 0 aliphatic carbocycles. The molecule has 5 heteroatoms. The minimum Gasteiger partial charge on any atom is -0.480 e. The topological polar surface area (TPSA) is 85.2 Å². The van der Waals surface area contributed by atoms with Crippen LogP contribution in [0, 0.1) is 11.3 Å². The lowest BCUT2D eigenvalue weighted by Crippen LogP contribution is -2.52. The van der Waals surface area contributed by atoms with Gasteiger partial charge >= 0.3 is 5.97 Å². The van der Waals surface area contributed by atoms with Crippen LogP contribution in [-0.2, 0) is 11.2 Å². The van der Waals surface area contributed by atoms with E-state index in [-0.39, 0.29) is 0 Å². The SMILES string of the molecule is N#Cc1ccc(CC2(C(=O)O)C=CNN2)cc1. The molecule has 3 N–H and O–H groups in total. The van der Waals surface area contributed by atoms with Crippen LogP contribution in [0.1, 0.15) is 11.1 Å². The molecule has 1 heterocycles. The van der Waals surface area contributed by atoms with Crippen LogP contribution >= 0.6 is 0 Å². The highest BCUT2D eigenvalue weighted by atomic mass is 16.4. The summed E-state index contributed by atoms with van der Waals surface area (Å²) in [5.41, 5.74) is 5.69. The molecule has 0 amide bonds. The molecule has 0 fully saturated rings. The molecule has 1 aliphatic rings. The molecule has 0 aromatic heterocycles. The maximum Gasteiger partial charge on any atom is 0.330 e. The van der Waals surface area contributed by atoms with Gasteiger partial charge in [-0.3, -0.25) is 0 Å². The van der Waals surface area contributed by atoms with Gasteiger partial charge in [0.25, 0.3) is 0 Å². The standard InChI is InChI=1S/C12H11N3O2/c13-8-10-3-1-9(2-4-10)7-12(11(16)17)5-6-14-15-12/h1-6,14-15H,7H2,(H,16,17). The third kappa shape index (κ3) is 2.12. The van der Waals surface area contributed by atoms with E-state index in [1.807, 2.05) is 6.07 Å². The first-order valence-electron chi connectivity index (χ1n) is 5.09. The van der Waals surface area contributed by atoms with Crippen molar-refractivity contribution in [1.29, 1.82) is 5.26 Å². The van der Waals surface area contributed by atoms with Crippen LogP contribution in [0.15, 0.2) is 36.5 Å². The Balaban J connectivity index is 2.21. The van der Waals surface area contributed by atoms with Crippen LogP contribution in [0.4, 0.5) is 0 Å². The van der Waals surface area contributed by atoms with Gasteiger partial charge in [-0.1, -0.05) is 12.1 Å². The second-order valence-corrected chi connectivity index (χ2v) is 3.86. The Kier molecular flexibility index (Phi) is 2.81. The smallest absolute Gasteiger partial charge is 0.330 e. The molecule has 0 saturated carbocycles. The van der Waals surface area contributed by atoms with E-state index in [9.17, 15) is 9.90 Å². The maximum atomic E-state index is 11.2. The number of carboxylic acid groups (broad SMARTS) is 1.